The highest BCUT2D eigenvalue weighted by Gasteiger charge is 2.44. The fourth-order valence-corrected chi connectivity index (χ4v) is 6.69. The number of nitrogens with zero attached hydrogens (tertiary/aromatic N) is 2. The average molecular weight is 377 g/mol. The molecule has 0 amide bonds. The van der Waals surface area contributed by atoms with Crippen LogP contribution in [0.1, 0.15) is 55.8 Å². The third-order valence-corrected chi connectivity index (χ3v) is 7.85. The first-order valence-corrected chi connectivity index (χ1v) is 12.0. The lowest BCUT2D eigenvalue weighted by Gasteiger charge is -2.51. The molecule has 1 aromatic rings. The first-order chi connectivity index (χ1) is 12.3. The van der Waals surface area contributed by atoms with Gasteiger partial charge in [-0.2, -0.15) is 4.31 Å². The molecule has 1 aromatic carbocycles. The van der Waals surface area contributed by atoms with Crippen molar-refractivity contribution in [2.24, 2.45) is 11.8 Å². The predicted octanol–water partition coefficient (Wildman–Crippen LogP) is 3.23. The van der Waals surface area contributed by atoms with Crippen LogP contribution in [0.4, 0.5) is 0 Å². The maximum Gasteiger partial charge on any atom is 0.211 e. The molecular weight excluding hydrogens is 344 g/mol. The summed E-state index contributed by atoms with van der Waals surface area (Å²) < 4.78 is 26.4. The van der Waals surface area contributed by atoms with Gasteiger partial charge in [-0.3, -0.25) is 4.90 Å². The largest absolute Gasteiger partial charge is 0.296 e. The minimum Gasteiger partial charge on any atom is -0.296 e. The fourth-order valence-electron chi connectivity index (χ4n) is 5.48. The van der Waals surface area contributed by atoms with Crippen LogP contribution in [0.25, 0.3) is 0 Å². The van der Waals surface area contributed by atoms with Crippen molar-refractivity contribution in [2.75, 3.05) is 25.9 Å². The summed E-state index contributed by atoms with van der Waals surface area (Å²) in [6, 6.07) is 7.60. The van der Waals surface area contributed by atoms with Crippen LogP contribution in [0.5, 0.6) is 0 Å². The zero-order valence-electron chi connectivity index (χ0n) is 16.3. The molecule has 0 saturated carbocycles. The van der Waals surface area contributed by atoms with E-state index in [1.165, 1.54) is 29.4 Å². The molecule has 3 atom stereocenters. The zero-order chi connectivity index (χ0) is 18.5. The zero-order valence-corrected chi connectivity index (χ0v) is 17.1. The Kier molecular flexibility index (Phi) is 4.91. The second-order valence-corrected chi connectivity index (χ2v) is 10.9. The lowest BCUT2D eigenvalue weighted by atomic mass is 9.77. The van der Waals surface area contributed by atoms with E-state index in [0.717, 1.165) is 38.8 Å². The highest BCUT2D eigenvalue weighted by molar-refractivity contribution is 7.88. The van der Waals surface area contributed by atoms with Gasteiger partial charge in [0.25, 0.3) is 0 Å². The number of hydrogen-bond donors (Lipinski definition) is 0. The van der Waals surface area contributed by atoms with E-state index in [2.05, 4.69) is 36.9 Å². The summed E-state index contributed by atoms with van der Waals surface area (Å²) in [6.07, 6.45) is 6.77. The van der Waals surface area contributed by atoms with Crippen LogP contribution in [0.2, 0.25) is 0 Å². The average Bonchev–Trinajstić information content (AvgIpc) is 2.57. The van der Waals surface area contributed by atoms with Gasteiger partial charge in [0.15, 0.2) is 0 Å². The Bertz CT molecular complexity index is 774. The molecule has 4 nitrogen and oxygen atoms in total. The number of benzene rings is 1. The summed E-state index contributed by atoms with van der Waals surface area (Å²) in [5.41, 5.74) is 4.38. The third kappa shape index (κ3) is 3.46. The smallest absolute Gasteiger partial charge is 0.211 e. The van der Waals surface area contributed by atoms with Gasteiger partial charge in [0.2, 0.25) is 10.0 Å². The second kappa shape index (κ2) is 6.92. The standard InChI is InChI=1S/C21H32N2O2S/c1-15(2)11-16-6-7-19-17(12-16)8-10-22-14-18-5-4-9-23(26(3,24)25)20(18)13-21(19)22/h6-7,12,15,18,20-21H,4-5,8-11,13-14H2,1-3H3/t18-,20+,21+/m1/s1. The molecule has 0 aromatic heterocycles. The molecule has 0 aliphatic carbocycles. The van der Waals surface area contributed by atoms with Crippen LogP contribution in [0.15, 0.2) is 18.2 Å². The first kappa shape index (κ1) is 18.5. The van der Waals surface area contributed by atoms with Crippen molar-refractivity contribution in [3.05, 3.63) is 34.9 Å². The summed E-state index contributed by atoms with van der Waals surface area (Å²) >= 11 is 0. The van der Waals surface area contributed by atoms with Crippen molar-refractivity contribution >= 4 is 10.0 Å². The minimum absolute atomic E-state index is 0.182. The van der Waals surface area contributed by atoms with Gasteiger partial charge in [0.05, 0.1) is 6.26 Å². The Balaban J connectivity index is 1.62. The third-order valence-electron chi connectivity index (χ3n) is 6.55. The number of fused-ring (bicyclic) bond motifs is 4. The molecule has 2 saturated heterocycles. The van der Waals surface area contributed by atoms with E-state index in [-0.39, 0.29) is 6.04 Å². The predicted molar refractivity (Wildman–Crippen MR) is 106 cm³/mol. The Morgan fingerprint density at radius 1 is 1.23 bits per heavy atom. The monoisotopic (exact) mass is 376 g/mol. The summed E-state index contributed by atoms with van der Waals surface area (Å²) in [6.45, 7) is 7.41. The Labute approximate surface area is 158 Å². The molecule has 0 N–H and O–H groups in total. The van der Waals surface area contributed by atoms with Crippen LogP contribution in [0, 0.1) is 11.8 Å². The van der Waals surface area contributed by atoms with Gasteiger partial charge in [-0.25, -0.2) is 8.42 Å². The number of hydrogen-bond acceptors (Lipinski definition) is 3. The number of rotatable bonds is 3. The van der Waals surface area contributed by atoms with Crippen LogP contribution in [0.3, 0.4) is 0 Å². The van der Waals surface area contributed by atoms with E-state index in [1.807, 2.05) is 0 Å². The van der Waals surface area contributed by atoms with Gasteiger partial charge in [-0.15, -0.1) is 0 Å². The van der Waals surface area contributed by atoms with Crippen molar-refractivity contribution in [3.8, 4) is 0 Å². The minimum atomic E-state index is -3.12. The summed E-state index contributed by atoms with van der Waals surface area (Å²) in [5, 5.41) is 0. The van der Waals surface area contributed by atoms with E-state index < -0.39 is 10.0 Å². The number of piperidine rings is 2. The van der Waals surface area contributed by atoms with Crippen LogP contribution < -0.4 is 0 Å². The SMILES string of the molecule is CC(C)Cc1ccc2c(c1)CCN1C[C@H]3CCCN(S(C)(=O)=O)[C@H]3C[C@@H]21. The first-order valence-electron chi connectivity index (χ1n) is 10.2. The van der Waals surface area contributed by atoms with Crippen molar-refractivity contribution in [1.82, 2.24) is 9.21 Å². The van der Waals surface area contributed by atoms with Gasteiger partial charge in [-0.05, 0) is 60.6 Å². The van der Waals surface area contributed by atoms with Crippen LogP contribution in [-0.4, -0.2) is 49.6 Å². The van der Waals surface area contributed by atoms with Gasteiger partial charge < -0.3 is 0 Å². The Hall–Kier alpha value is -0.910. The normalized spacial score (nSPS) is 29.9. The van der Waals surface area contributed by atoms with E-state index in [0.29, 0.717) is 24.4 Å². The van der Waals surface area contributed by atoms with Gasteiger partial charge >= 0.3 is 0 Å². The van der Waals surface area contributed by atoms with Gasteiger partial charge in [0, 0.05) is 31.7 Å². The maximum absolute atomic E-state index is 12.3. The van der Waals surface area contributed by atoms with Crippen LogP contribution in [-0.2, 0) is 22.9 Å². The van der Waals surface area contributed by atoms with E-state index in [1.54, 1.807) is 4.31 Å². The summed E-state index contributed by atoms with van der Waals surface area (Å²) in [7, 11) is -3.12. The molecule has 3 aliphatic rings. The highest BCUT2D eigenvalue weighted by Crippen LogP contribution is 2.43. The lowest BCUT2D eigenvalue weighted by Crippen LogP contribution is -2.57. The molecule has 144 valence electrons. The van der Waals surface area contributed by atoms with Crippen LogP contribution >= 0.6 is 0 Å². The van der Waals surface area contributed by atoms with Crippen molar-refractivity contribution in [2.45, 2.75) is 58.0 Å². The molecule has 0 spiro atoms. The molecule has 0 radical (unpaired) electrons. The molecular formula is C21H32N2O2S. The molecule has 3 aliphatic heterocycles. The topological polar surface area (TPSA) is 40.6 Å². The molecule has 3 heterocycles. The summed E-state index contributed by atoms with van der Waals surface area (Å²) in [4.78, 5) is 2.62. The molecule has 2 fully saturated rings. The molecule has 0 unspecified atom stereocenters. The van der Waals surface area contributed by atoms with Crippen molar-refractivity contribution in [1.29, 1.82) is 0 Å². The highest BCUT2D eigenvalue weighted by atomic mass is 32.2. The van der Waals surface area contributed by atoms with Crippen molar-refractivity contribution in [3.63, 3.8) is 0 Å². The molecule has 26 heavy (non-hydrogen) atoms. The Morgan fingerprint density at radius 2 is 2.04 bits per heavy atom. The second-order valence-electron chi connectivity index (χ2n) is 8.97. The van der Waals surface area contributed by atoms with E-state index in [4.69, 9.17) is 0 Å². The summed E-state index contributed by atoms with van der Waals surface area (Å²) in [5.74, 6) is 1.17. The van der Waals surface area contributed by atoms with E-state index >= 15 is 0 Å². The van der Waals surface area contributed by atoms with Crippen molar-refractivity contribution < 1.29 is 8.42 Å². The lowest BCUT2D eigenvalue weighted by molar-refractivity contribution is 0.0222. The van der Waals surface area contributed by atoms with Gasteiger partial charge in [0.1, 0.15) is 0 Å². The quantitative estimate of drug-likeness (QED) is 0.813. The number of sulfonamides is 1. The molecule has 5 heteroatoms. The Morgan fingerprint density at radius 3 is 2.77 bits per heavy atom. The van der Waals surface area contributed by atoms with E-state index in [9.17, 15) is 8.42 Å². The van der Waals surface area contributed by atoms with Gasteiger partial charge in [-0.1, -0.05) is 32.0 Å². The molecule has 4 rings (SSSR count). The fraction of sp³-hybridized carbons (Fsp3) is 0.714. The molecule has 0 bridgehead atoms. The maximum atomic E-state index is 12.3.